The van der Waals surface area contributed by atoms with Gasteiger partial charge in [-0.3, -0.25) is 4.40 Å². The maximum Gasteiger partial charge on any atom is 0.417 e. The fraction of sp³-hybridized carbons (Fsp3) is 0.231. The molecule has 23 heavy (non-hydrogen) atoms. The molecule has 3 rings (SSSR count). The number of nitrogens with one attached hydrogen (secondary N) is 1. The van der Waals surface area contributed by atoms with Gasteiger partial charge in [-0.05, 0) is 13.0 Å². The fourth-order valence-corrected chi connectivity index (χ4v) is 2.24. The lowest BCUT2D eigenvalue weighted by Gasteiger charge is -2.09. The van der Waals surface area contributed by atoms with E-state index in [1.807, 2.05) is 0 Å². The normalized spacial score (nSPS) is 11.9. The van der Waals surface area contributed by atoms with Crippen LogP contribution in [0, 0.1) is 6.92 Å². The van der Waals surface area contributed by atoms with E-state index in [0.717, 1.165) is 18.0 Å². The molecule has 0 aliphatic rings. The van der Waals surface area contributed by atoms with Crippen LogP contribution in [0.1, 0.15) is 17.1 Å². The number of anilines is 1. The Kier molecular flexibility index (Phi) is 3.80. The van der Waals surface area contributed by atoms with E-state index in [2.05, 4.69) is 25.5 Å². The maximum absolute atomic E-state index is 12.9. The highest BCUT2D eigenvalue weighted by Gasteiger charge is 2.32. The van der Waals surface area contributed by atoms with Gasteiger partial charge in [0.05, 0.1) is 17.1 Å². The predicted molar refractivity (Wildman–Crippen MR) is 77.1 cm³/mol. The zero-order valence-corrected chi connectivity index (χ0v) is 12.5. The van der Waals surface area contributed by atoms with Crippen LogP contribution in [-0.2, 0) is 12.7 Å². The van der Waals surface area contributed by atoms with Crippen molar-refractivity contribution >= 4 is 23.1 Å². The number of halogens is 4. The van der Waals surface area contributed by atoms with E-state index in [9.17, 15) is 13.2 Å². The molecule has 0 aliphatic carbocycles. The van der Waals surface area contributed by atoms with Crippen molar-refractivity contribution in [2.75, 3.05) is 5.32 Å². The minimum Gasteiger partial charge on any atom is -0.363 e. The average molecular weight is 343 g/mol. The third-order valence-corrected chi connectivity index (χ3v) is 3.37. The Morgan fingerprint density at radius 3 is 2.70 bits per heavy atom. The third-order valence-electron chi connectivity index (χ3n) is 3.09. The highest BCUT2D eigenvalue weighted by molar-refractivity contribution is 6.33. The molecule has 0 bridgehead atoms. The number of aromatic nitrogens is 5. The van der Waals surface area contributed by atoms with Crippen LogP contribution < -0.4 is 5.32 Å². The molecule has 3 heterocycles. The monoisotopic (exact) mass is 342 g/mol. The van der Waals surface area contributed by atoms with Gasteiger partial charge in [0.1, 0.15) is 12.1 Å². The molecular weight excluding hydrogens is 333 g/mol. The lowest BCUT2D eigenvalue weighted by atomic mass is 10.3. The quantitative estimate of drug-likeness (QED) is 0.792. The number of hydrogen-bond acceptors (Lipinski definition) is 5. The predicted octanol–water partition coefficient (Wildman–Crippen LogP) is 3.11. The van der Waals surface area contributed by atoms with Gasteiger partial charge in [-0.1, -0.05) is 11.6 Å². The van der Waals surface area contributed by atoms with Gasteiger partial charge in [0, 0.05) is 18.0 Å². The Balaban J connectivity index is 1.93. The molecule has 6 nitrogen and oxygen atoms in total. The zero-order chi connectivity index (χ0) is 16.6. The SMILES string of the molecule is Cc1cc(NCc2nnc3c(Cl)cc(C(F)(F)F)cn23)ncn1. The van der Waals surface area contributed by atoms with Crippen molar-refractivity contribution in [2.45, 2.75) is 19.6 Å². The first-order valence-electron chi connectivity index (χ1n) is 6.47. The Morgan fingerprint density at radius 1 is 1.22 bits per heavy atom. The van der Waals surface area contributed by atoms with Gasteiger partial charge < -0.3 is 5.32 Å². The molecular formula is C13H10ClF3N6. The lowest BCUT2D eigenvalue weighted by Crippen LogP contribution is -2.09. The van der Waals surface area contributed by atoms with Gasteiger partial charge >= 0.3 is 6.18 Å². The van der Waals surface area contributed by atoms with E-state index < -0.39 is 11.7 Å². The molecule has 0 amide bonds. The van der Waals surface area contributed by atoms with E-state index in [1.165, 1.54) is 10.7 Å². The van der Waals surface area contributed by atoms with Gasteiger partial charge in [-0.15, -0.1) is 10.2 Å². The molecule has 120 valence electrons. The Hall–Kier alpha value is -2.42. The average Bonchev–Trinajstić information content (AvgIpc) is 2.88. The summed E-state index contributed by atoms with van der Waals surface area (Å²) in [6.45, 7) is 1.93. The molecule has 1 N–H and O–H groups in total. The van der Waals surface area contributed by atoms with Crippen molar-refractivity contribution < 1.29 is 13.2 Å². The summed E-state index contributed by atoms with van der Waals surface area (Å²) < 4.78 is 39.9. The van der Waals surface area contributed by atoms with E-state index in [-0.39, 0.29) is 23.0 Å². The van der Waals surface area contributed by atoms with Crippen molar-refractivity contribution in [3.05, 3.63) is 46.8 Å². The molecule has 0 aromatic carbocycles. The van der Waals surface area contributed by atoms with Crippen LogP contribution in [0.2, 0.25) is 5.02 Å². The summed E-state index contributed by atoms with van der Waals surface area (Å²) in [6, 6.07) is 2.54. The molecule has 0 saturated heterocycles. The molecule has 0 spiro atoms. The second kappa shape index (κ2) is 5.65. The number of rotatable bonds is 3. The first-order chi connectivity index (χ1) is 10.8. The fourth-order valence-electron chi connectivity index (χ4n) is 2.00. The van der Waals surface area contributed by atoms with Crippen molar-refractivity contribution in [1.29, 1.82) is 0 Å². The van der Waals surface area contributed by atoms with Crippen molar-refractivity contribution in [2.24, 2.45) is 0 Å². The van der Waals surface area contributed by atoms with Crippen LogP contribution in [0.15, 0.2) is 24.7 Å². The largest absolute Gasteiger partial charge is 0.417 e. The van der Waals surface area contributed by atoms with Crippen molar-refractivity contribution in [1.82, 2.24) is 24.6 Å². The topological polar surface area (TPSA) is 68.0 Å². The number of alkyl halides is 3. The number of aryl methyl sites for hydroxylation is 1. The Morgan fingerprint density at radius 2 is 2.00 bits per heavy atom. The summed E-state index contributed by atoms with van der Waals surface area (Å²) >= 11 is 5.86. The zero-order valence-electron chi connectivity index (χ0n) is 11.8. The van der Waals surface area contributed by atoms with E-state index in [4.69, 9.17) is 11.6 Å². The number of fused-ring (bicyclic) bond motifs is 1. The van der Waals surface area contributed by atoms with Gasteiger partial charge in [0.25, 0.3) is 0 Å². The molecule has 0 saturated carbocycles. The third kappa shape index (κ3) is 3.19. The molecule has 0 atom stereocenters. The summed E-state index contributed by atoms with van der Waals surface area (Å²) in [5, 5.41) is 10.5. The highest BCUT2D eigenvalue weighted by atomic mass is 35.5. The van der Waals surface area contributed by atoms with Crippen LogP contribution >= 0.6 is 11.6 Å². The van der Waals surface area contributed by atoms with Gasteiger partial charge in [-0.2, -0.15) is 13.2 Å². The van der Waals surface area contributed by atoms with Crippen molar-refractivity contribution in [3.8, 4) is 0 Å². The van der Waals surface area contributed by atoms with Crippen molar-refractivity contribution in [3.63, 3.8) is 0 Å². The minimum atomic E-state index is -4.50. The van der Waals surface area contributed by atoms with Gasteiger partial charge in [-0.25, -0.2) is 9.97 Å². The minimum absolute atomic E-state index is 0.114. The molecule has 0 radical (unpaired) electrons. The Labute approximate surface area is 133 Å². The molecule has 10 heteroatoms. The summed E-state index contributed by atoms with van der Waals surface area (Å²) in [5.41, 5.74) is 0.0558. The standard InChI is InChI=1S/C13H10ClF3N6/c1-7-2-10(20-6-19-7)18-4-11-21-22-12-9(14)3-8(5-23(11)12)13(15,16)17/h2-3,5-6H,4H2,1H3,(H,18,19,20). The highest BCUT2D eigenvalue weighted by Crippen LogP contribution is 2.32. The molecule has 0 unspecified atom stereocenters. The lowest BCUT2D eigenvalue weighted by molar-refractivity contribution is -0.137. The summed E-state index contributed by atoms with van der Waals surface area (Å²) in [4.78, 5) is 7.97. The van der Waals surface area contributed by atoms with Crippen LogP contribution in [-0.4, -0.2) is 24.6 Å². The van der Waals surface area contributed by atoms with Crippen LogP contribution in [0.4, 0.5) is 19.0 Å². The van der Waals surface area contributed by atoms with E-state index in [1.54, 1.807) is 13.0 Å². The van der Waals surface area contributed by atoms with Gasteiger partial charge in [0.15, 0.2) is 11.5 Å². The second-order valence-electron chi connectivity index (χ2n) is 4.78. The maximum atomic E-state index is 12.9. The van der Waals surface area contributed by atoms with E-state index in [0.29, 0.717) is 5.82 Å². The summed E-state index contributed by atoms with van der Waals surface area (Å²) in [7, 11) is 0. The first-order valence-corrected chi connectivity index (χ1v) is 6.85. The summed E-state index contributed by atoms with van der Waals surface area (Å²) in [5.74, 6) is 0.816. The Bertz CT molecular complexity index is 861. The number of hydrogen-bond donors (Lipinski definition) is 1. The molecule has 3 aromatic heterocycles. The molecule has 0 aliphatic heterocycles. The van der Waals surface area contributed by atoms with Crippen LogP contribution in [0.25, 0.3) is 5.65 Å². The molecule has 3 aromatic rings. The first kappa shape index (κ1) is 15.5. The second-order valence-corrected chi connectivity index (χ2v) is 5.19. The summed E-state index contributed by atoms with van der Waals surface area (Å²) in [6.07, 6.45) is -2.20. The number of pyridine rings is 1. The van der Waals surface area contributed by atoms with Crippen LogP contribution in [0.3, 0.4) is 0 Å². The molecule has 0 fully saturated rings. The van der Waals surface area contributed by atoms with E-state index >= 15 is 0 Å². The van der Waals surface area contributed by atoms with Gasteiger partial charge in [0.2, 0.25) is 0 Å². The van der Waals surface area contributed by atoms with Crippen LogP contribution in [0.5, 0.6) is 0 Å². The number of nitrogens with zero attached hydrogens (tertiary/aromatic N) is 5. The smallest absolute Gasteiger partial charge is 0.363 e.